The van der Waals surface area contributed by atoms with Gasteiger partial charge in [0.15, 0.2) is 0 Å². The van der Waals surface area contributed by atoms with E-state index in [0.717, 1.165) is 11.3 Å². The summed E-state index contributed by atoms with van der Waals surface area (Å²) in [7, 11) is 0. The normalized spacial score (nSPS) is 12.5. The third-order valence-corrected chi connectivity index (χ3v) is 3.72. The molecule has 0 aliphatic carbocycles. The molecule has 1 aromatic carbocycles. The molecule has 1 unspecified atom stereocenters. The first-order valence-corrected chi connectivity index (χ1v) is 6.11. The van der Waals surface area contributed by atoms with E-state index in [9.17, 15) is 0 Å². The molecule has 3 N–H and O–H groups in total. The summed E-state index contributed by atoms with van der Waals surface area (Å²) in [6.45, 7) is 4.33. The lowest BCUT2D eigenvalue weighted by atomic mass is 10.2. The average Bonchev–Trinajstić information content (AvgIpc) is 2.17. The first-order valence-electron chi connectivity index (χ1n) is 4.85. The summed E-state index contributed by atoms with van der Waals surface area (Å²) >= 11 is 7.80. The van der Waals surface area contributed by atoms with Crippen LogP contribution in [0.1, 0.15) is 25.8 Å². The smallest absolute Gasteiger partial charge is 0.124 e. The van der Waals surface area contributed by atoms with Gasteiger partial charge in [-0.25, -0.2) is 0 Å². The maximum Gasteiger partial charge on any atom is 0.124 e. The second-order valence-corrected chi connectivity index (χ2v) is 5.31. The molecule has 0 radical (unpaired) electrons. The van der Waals surface area contributed by atoms with E-state index in [2.05, 4.69) is 13.8 Å². The first-order chi connectivity index (χ1) is 7.04. The maximum atomic E-state index is 7.31. The Kier molecular flexibility index (Phi) is 4.48. The lowest BCUT2D eigenvalue weighted by Crippen LogP contribution is -2.11. The number of halogens is 1. The fraction of sp³-hybridized carbons (Fsp3) is 0.364. The number of nitrogens with two attached hydrogens (primary N) is 1. The molecule has 0 saturated carbocycles. The van der Waals surface area contributed by atoms with E-state index in [4.69, 9.17) is 22.7 Å². The summed E-state index contributed by atoms with van der Waals surface area (Å²) in [6.07, 6.45) is 1.12. The molecule has 0 amide bonds. The largest absolute Gasteiger partial charge is 0.384 e. The summed E-state index contributed by atoms with van der Waals surface area (Å²) in [4.78, 5) is 1.12. The highest BCUT2D eigenvalue weighted by Gasteiger charge is 2.06. The predicted molar refractivity (Wildman–Crippen MR) is 68.1 cm³/mol. The highest BCUT2D eigenvalue weighted by molar-refractivity contribution is 7.99. The summed E-state index contributed by atoms with van der Waals surface area (Å²) < 4.78 is 0. The monoisotopic (exact) mass is 242 g/mol. The Labute approximate surface area is 99.7 Å². The van der Waals surface area contributed by atoms with Gasteiger partial charge in [0.25, 0.3) is 0 Å². The molecule has 0 heterocycles. The minimum atomic E-state index is 0.0140. The van der Waals surface area contributed by atoms with Gasteiger partial charge in [-0.05, 0) is 24.6 Å². The number of benzene rings is 1. The van der Waals surface area contributed by atoms with Gasteiger partial charge < -0.3 is 5.73 Å². The van der Waals surface area contributed by atoms with Crippen molar-refractivity contribution in [2.24, 2.45) is 5.73 Å². The molecule has 0 aliphatic heterocycles. The predicted octanol–water partition coefficient (Wildman–Crippen LogP) is 3.51. The highest BCUT2D eigenvalue weighted by atomic mass is 35.5. The van der Waals surface area contributed by atoms with Crippen LogP contribution in [0.15, 0.2) is 23.1 Å². The molecule has 1 aromatic rings. The van der Waals surface area contributed by atoms with Crippen molar-refractivity contribution >= 4 is 29.2 Å². The lowest BCUT2D eigenvalue weighted by Gasteiger charge is -2.09. The summed E-state index contributed by atoms with van der Waals surface area (Å²) in [5, 5.41) is 8.44. The fourth-order valence-corrected chi connectivity index (χ4v) is 2.41. The van der Waals surface area contributed by atoms with E-state index in [1.54, 1.807) is 17.8 Å². The zero-order valence-corrected chi connectivity index (χ0v) is 10.5. The van der Waals surface area contributed by atoms with Crippen LogP contribution >= 0.6 is 23.4 Å². The molecule has 4 heteroatoms. The van der Waals surface area contributed by atoms with E-state index in [1.165, 1.54) is 0 Å². The summed E-state index contributed by atoms with van der Waals surface area (Å²) in [5.74, 6) is 0.0140. The minimum absolute atomic E-state index is 0.0140. The van der Waals surface area contributed by atoms with Crippen LogP contribution in [0.3, 0.4) is 0 Å². The van der Waals surface area contributed by atoms with Crippen LogP contribution < -0.4 is 5.73 Å². The van der Waals surface area contributed by atoms with E-state index in [0.29, 0.717) is 15.8 Å². The number of hydrogen-bond acceptors (Lipinski definition) is 2. The van der Waals surface area contributed by atoms with Gasteiger partial charge in [0.1, 0.15) is 5.84 Å². The van der Waals surface area contributed by atoms with Crippen LogP contribution in [-0.2, 0) is 0 Å². The van der Waals surface area contributed by atoms with Crippen molar-refractivity contribution < 1.29 is 0 Å². The Balaban J connectivity index is 2.87. The quantitative estimate of drug-likeness (QED) is 0.482. The molecule has 15 heavy (non-hydrogen) atoms. The third kappa shape index (κ3) is 3.43. The second kappa shape index (κ2) is 5.42. The van der Waals surface area contributed by atoms with Crippen LogP contribution in [0, 0.1) is 5.41 Å². The minimum Gasteiger partial charge on any atom is -0.384 e. The number of nitrogen functional groups attached to an aromatic ring is 1. The number of rotatable bonds is 4. The maximum absolute atomic E-state index is 7.31. The molecule has 0 aliphatic rings. The van der Waals surface area contributed by atoms with Crippen molar-refractivity contribution in [2.45, 2.75) is 30.4 Å². The Bertz CT molecular complexity index is 366. The van der Waals surface area contributed by atoms with Crippen LogP contribution in [0.5, 0.6) is 0 Å². The topological polar surface area (TPSA) is 49.9 Å². The van der Waals surface area contributed by atoms with Gasteiger partial charge in [0.05, 0.1) is 5.02 Å². The standard InChI is InChI=1S/C11H15ClN2S/c1-3-7(2)15-8-4-5-9(11(13)14)10(12)6-8/h4-7H,3H2,1-2H3,(H3,13,14). The number of hydrogen-bond donors (Lipinski definition) is 2. The van der Waals surface area contributed by atoms with Crippen LogP contribution in [0.4, 0.5) is 0 Å². The molecule has 0 spiro atoms. The molecular formula is C11H15ClN2S. The van der Waals surface area contributed by atoms with Crippen molar-refractivity contribution in [3.63, 3.8) is 0 Å². The van der Waals surface area contributed by atoms with Gasteiger partial charge in [0, 0.05) is 15.7 Å². The van der Waals surface area contributed by atoms with Crippen molar-refractivity contribution in [1.29, 1.82) is 5.41 Å². The van der Waals surface area contributed by atoms with E-state index in [1.807, 2.05) is 12.1 Å². The van der Waals surface area contributed by atoms with Gasteiger partial charge in [-0.2, -0.15) is 0 Å². The van der Waals surface area contributed by atoms with Gasteiger partial charge >= 0.3 is 0 Å². The zero-order chi connectivity index (χ0) is 11.4. The van der Waals surface area contributed by atoms with Crippen molar-refractivity contribution in [3.8, 4) is 0 Å². The van der Waals surface area contributed by atoms with Gasteiger partial charge in [-0.1, -0.05) is 25.4 Å². The number of nitrogens with one attached hydrogen (secondary N) is 1. The van der Waals surface area contributed by atoms with E-state index in [-0.39, 0.29) is 5.84 Å². The van der Waals surface area contributed by atoms with E-state index < -0.39 is 0 Å². The Hall–Kier alpha value is -0.670. The summed E-state index contributed by atoms with van der Waals surface area (Å²) in [5.41, 5.74) is 5.99. The fourth-order valence-electron chi connectivity index (χ4n) is 1.10. The number of thioether (sulfide) groups is 1. The lowest BCUT2D eigenvalue weighted by molar-refractivity contribution is 0.905. The molecule has 82 valence electrons. The molecule has 1 rings (SSSR count). The zero-order valence-electron chi connectivity index (χ0n) is 8.88. The van der Waals surface area contributed by atoms with Crippen molar-refractivity contribution in [3.05, 3.63) is 28.8 Å². The van der Waals surface area contributed by atoms with Crippen LogP contribution in [0.25, 0.3) is 0 Å². The molecule has 0 aromatic heterocycles. The molecular weight excluding hydrogens is 228 g/mol. The highest BCUT2D eigenvalue weighted by Crippen LogP contribution is 2.28. The number of amidine groups is 1. The van der Waals surface area contributed by atoms with Crippen molar-refractivity contribution in [1.82, 2.24) is 0 Å². The summed E-state index contributed by atoms with van der Waals surface area (Å²) in [6, 6.07) is 5.63. The Morgan fingerprint density at radius 1 is 1.60 bits per heavy atom. The van der Waals surface area contributed by atoms with Crippen LogP contribution in [-0.4, -0.2) is 11.1 Å². The molecule has 0 fully saturated rings. The first kappa shape index (κ1) is 12.4. The SMILES string of the molecule is CCC(C)Sc1ccc(C(=N)N)c(Cl)c1. The van der Waals surface area contributed by atoms with Gasteiger partial charge in [-0.15, -0.1) is 11.8 Å². The van der Waals surface area contributed by atoms with E-state index >= 15 is 0 Å². The Morgan fingerprint density at radius 2 is 2.27 bits per heavy atom. The molecule has 1 atom stereocenters. The Morgan fingerprint density at radius 3 is 2.73 bits per heavy atom. The van der Waals surface area contributed by atoms with Crippen LogP contribution in [0.2, 0.25) is 5.02 Å². The molecule has 2 nitrogen and oxygen atoms in total. The third-order valence-electron chi connectivity index (χ3n) is 2.14. The van der Waals surface area contributed by atoms with Crippen molar-refractivity contribution in [2.75, 3.05) is 0 Å². The second-order valence-electron chi connectivity index (χ2n) is 3.39. The van der Waals surface area contributed by atoms with Gasteiger partial charge in [0.2, 0.25) is 0 Å². The molecule has 0 bridgehead atoms. The molecule has 0 saturated heterocycles. The van der Waals surface area contributed by atoms with Gasteiger partial charge in [-0.3, -0.25) is 5.41 Å². The average molecular weight is 243 g/mol.